The van der Waals surface area contributed by atoms with Gasteiger partial charge in [0.15, 0.2) is 17.5 Å². The molecule has 0 radical (unpaired) electrons. The largest absolute Gasteiger partial charge is 0.481 e. The monoisotopic (exact) mass is 375 g/mol. The van der Waals surface area contributed by atoms with Gasteiger partial charge in [-0.3, -0.25) is 0 Å². The van der Waals surface area contributed by atoms with Gasteiger partial charge < -0.3 is 15.2 Å². The molecule has 3 rings (SSSR count). The van der Waals surface area contributed by atoms with E-state index in [4.69, 9.17) is 4.74 Å². The van der Waals surface area contributed by atoms with Crippen molar-refractivity contribution in [1.82, 2.24) is 19.7 Å². The van der Waals surface area contributed by atoms with E-state index in [0.29, 0.717) is 17.1 Å². The molecule has 0 amide bonds. The Morgan fingerprint density at radius 2 is 2.04 bits per heavy atom. The molecule has 3 aromatic rings. The van der Waals surface area contributed by atoms with Gasteiger partial charge in [0.2, 0.25) is 5.88 Å². The van der Waals surface area contributed by atoms with Crippen LogP contribution >= 0.6 is 0 Å². The number of halogens is 2. The van der Waals surface area contributed by atoms with Crippen molar-refractivity contribution in [3.05, 3.63) is 53.7 Å². The Labute approximate surface area is 154 Å². The van der Waals surface area contributed by atoms with Crippen LogP contribution in [-0.4, -0.2) is 44.6 Å². The quantitative estimate of drug-likeness (QED) is 0.660. The van der Waals surface area contributed by atoms with Gasteiger partial charge >= 0.3 is 0 Å². The molecule has 0 fully saturated rings. The van der Waals surface area contributed by atoms with E-state index in [2.05, 4.69) is 20.4 Å². The Balaban J connectivity index is 1.90. The number of hydrogen-bond donors (Lipinski definition) is 2. The summed E-state index contributed by atoms with van der Waals surface area (Å²) in [4.78, 5) is 8.07. The zero-order valence-corrected chi connectivity index (χ0v) is 14.9. The molecule has 142 valence electrons. The van der Waals surface area contributed by atoms with Crippen LogP contribution < -0.4 is 10.1 Å². The molecule has 0 saturated carbocycles. The number of methoxy groups -OCH3 is 1. The third kappa shape index (κ3) is 4.37. The number of rotatable bonds is 7. The van der Waals surface area contributed by atoms with Gasteiger partial charge in [-0.05, 0) is 13.0 Å². The van der Waals surface area contributed by atoms with Crippen LogP contribution in [0.4, 0.5) is 14.6 Å². The van der Waals surface area contributed by atoms with Crippen molar-refractivity contribution in [2.75, 3.05) is 19.0 Å². The fourth-order valence-corrected chi connectivity index (χ4v) is 2.43. The Hall–Kier alpha value is -3.07. The van der Waals surface area contributed by atoms with Crippen LogP contribution in [0.1, 0.15) is 12.5 Å². The lowest BCUT2D eigenvalue weighted by Gasteiger charge is -2.08. The van der Waals surface area contributed by atoms with E-state index in [1.807, 2.05) is 0 Å². The Morgan fingerprint density at radius 3 is 2.74 bits per heavy atom. The number of nitrogens with one attached hydrogen (secondary N) is 1. The van der Waals surface area contributed by atoms with Gasteiger partial charge in [0.1, 0.15) is 11.5 Å². The molecular formula is C18H19F2N5O2. The summed E-state index contributed by atoms with van der Waals surface area (Å²) in [6.07, 6.45) is 0.359. The van der Waals surface area contributed by atoms with Gasteiger partial charge in [-0.15, -0.1) is 0 Å². The van der Waals surface area contributed by atoms with Gasteiger partial charge in [0.25, 0.3) is 0 Å². The van der Waals surface area contributed by atoms with Crippen LogP contribution in [0.15, 0.2) is 36.5 Å². The maximum atomic E-state index is 13.9. The molecule has 0 bridgehead atoms. The predicted molar refractivity (Wildman–Crippen MR) is 95.4 cm³/mol. The smallest absolute Gasteiger partial charge is 0.212 e. The van der Waals surface area contributed by atoms with Crippen molar-refractivity contribution < 1.29 is 18.6 Å². The summed E-state index contributed by atoms with van der Waals surface area (Å²) < 4.78 is 34.5. The van der Waals surface area contributed by atoms with Crippen LogP contribution in [0.25, 0.3) is 11.5 Å². The number of aliphatic hydroxyl groups is 1. The molecule has 9 heteroatoms. The first-order chi connectivity index (χ1) is 13.0. The van der Waals surface area contributed by atoms with Gasteiger partial charge in [-0.1, -0.05) is 18.2 Å². The highest BCUT2D eigenvalue weighted by Gasteiger charge is 2.16. The molecule has 2 heterocycles. The minimum atomic E-state index is -0.664. The summed E-state index contributed by atoms with van der Waals surface area (Å²) in [5.41, 5.74) is 0.799. The number of anilines is 1. The van der Waals surface area contributed by atoms with Crippen molar-refractivity contribution in [3.8, 4) is 17.4 Å². The third-order valence-corrected chi connectivity index (χ3v) is 3.77. The molecule has 0 spiro atoms. The average Bonchev–Trinajstić information content (AvgIpc) is 3.06. The van der Waals surface area contributed by atoms with E-state index in [1.54, 1.807) is 31.2 Å². The van der Waals surface area contributed by atoms with Crippen LogP contribution in [0.2, 0.25) is 0 Å². The first-order valence-corrected chi connectivity index (χ1v) is 8.28. The maximum absolute atomic E-state index is 13.9. The van der Waals surface area contributed by atoms with Crippen molar-refractivity contribution >= 4 is 5.82 Å². The minimum absolute atomic E-state index is 0.0384. The van der Waals surface area contributed by atoms with Crippen LogP contribution in [-0.2, 0) is 6.54 Å². The van der Waals surface area contributed by atoms with Crippen molar-refractivity contribution in [1.29, 1.82) is 0 Å². The van der Waals surface area contributed by atoms with Crippen LogP contribution in [0.3, 0.4) is 0 Å². The first kappa shape index (κ1) is 18.7. The first-order valence-electron chi connectivity index (χ1n) is 8.28. The predicted octanol–water partition coefficient (Wildman–Crippen LogP) is 2.47. The molecule has 2 aromatic heterocycles. The molecule has 0 aliphatic heterocycles. The van der Waals surface area contributed by atoms with Gasteiger partial charge in [-0.2, -0.15) is 5.10 Å². The Morgan fingerprint density at radius 1 is 1.26 bits per heavy atom. The molecule has 0 saturated heterocycles. The minimum Gasteiger partial charge on any atom is -0.481 e. The normalized spacial score (nSPS) is 12.0. The highest BCUT2D eigenvalue weighted by molar-refractivity contribution is 5.54. The van der Waals surface area contributed by atoms with Crippen molar-refractivity contribution in [3.63, 3.8) is 0 Å². The summed E-state index contributed by atoms with van der Waals surface area (Å²) in [5, 5.41) is 16.4. The topological polar surface area (TPSA) is 85.1 Å². The molecule has 27 heavy (non-hydrogen) atoms. The summed E-state index contributed by atoms with van der Waals surface area (Å²) >= 11 is 0. The van der Waals surface area contributed by atoms with E-state index in [0.717, 1.165) is 6.20 Å². The zero-order chi connectivity index (χ0) is 19.4. The van der Waals surface area contributed by atoms with E-state index in [1.165, 1.54) is 17.9 Å². The molecule has 1 aromatic carbocycles. The average molecular weight is 375 g/mol. The summed E-state index contributed by atoms with van der Waals surface area (Å²) in [6, 6.07) is 7.96. The summed E-state index contributed by atoms with van der Waals surface area (Å²) in [6.45, 7) is 1.87. The lowest BCUT2D eigenvalue weighted by Crippen LogP contribution is -2.17. The van der Waals surface area contributed by atoms with E-state index in [9.17, 15) is 13.9 Å². The molecule has 1 unspecified atom stereocenters. The number of ether oxygens (including phenoxy) is 1. The van der Waals surface area contributed by atoms with E-state index < -0.39 is 11.9 Å². The van der Waals surface area contributed by atoms with Gasteiger partial charge in [0.05, 0.1) is 26.0 Å². The van der Waals surface area contributed by atoms with Gasteiger partial charge in [0, 0.05) is 18.2 Å². The van der Waals surface area contributed by atoms with Crippen LogP contribution in [0.5, 0.6) is 5.88 Å². The van der Waals surface area contributed by atoms with Crippen molar-refractivity contribution in [2.45, 2.75) is 19.6 Å². The number of aliphatic hydroxyl groups excluding tert-OH is 1. The zero-order valence-electron chi connectivity index (χ0n) is 14.9. The number of benzene rings is 1. The molecular weight excluding hydrogens is 356 g/mol. The standard InChI is InChI=1S/C18H19F2N5O2/c1-11(26)8-21-17-14(20)9-22-18(23-17)15-7-16(27-2)25(24-15)10-12-5-3-4-6-13(12)19/h3-7,9,11,26H,8,10H2,1-2H3,(H,21,22,23). The second-order valence-electron chi connectivity index (χ2n) is 5.94. The number of nitrogens with zero attached hydrogens (tertiary/aromatic N) is 4. The molecule has 0 aliphatic carbocycles. The lowest BCUT2D eigenvalue weighted by atomic mass is 10.2. The van der Waals surface area contributed by atoms with Gasteiger partial charge in [-0.25, -0.2) is 23.4 Å². The van der Waals surface area contributed by atoms with Crippen molar-refractivity contribution in [2.24, 2.45) is 0 Å². The molecule has 0 aliphatic rings. The lowest BCUT2D eigenvalue weighted by molar-refractivity contribution is 0.208. The van der Waals surface area contributed by atoms with E-state index in [-0.39, 0.29) is 30.5 Å². The third-order valence-electron chi connectivity index (χ3n) is 3.77. The Bertz CT molecular complexity index is 930. The second kappa shape index (κ2) is 8.09. The van der Waals surface area contributed by atoms with E-state index >= 15 is 0 Å². The number of aromatic nitrogens is 4. The molecule has 7 nitrogen and oxygen atoms in total. The fourth-order valence-electron chi connectivity index (χ4n) is 2.43. The SMILES string of the molecule is COc1cc(-c2ncc(F)c(NCC(C)O)n2)nn1Cc1ccccc1F. The number of hydrogen-bond acceptors (Lipinski definition) is 6. The highest BCUT2D eigenvalue weighted by Crippen LogP contribution is 2.23. The Kier molecular flexibility index (Phi) is 5.60. The summed E-state index contributed by atoms with van der Waals surface area (Å²) in [7, 11) is 1.47. The fraction of sp³-hybridized carbons (Fsp3) is 0.278. The maximum Gasteiger partial charge on any atom is 0.212 e. The second-order valence-corrected chi connectivity index (χ2v) is 5.94. The van der Waals surface area contributed by atoms with Crippen LogP contribution in [0, 0.1) is 11.6 Å². The highest BCUT2D eigenvalue weighted by atomic mass is 19.1. The molecule has 1 atom stereocenters. The summed E-state index contributed by atoms with van der Waals surface area (Å²) in [5.74, 6) is -0.463. The molecule has 2 N–H and O–H groups in total.